The predicted molar refractivity (Wildman–Crippen MR) is 105 cm³/mol. The summed E-state index contributed by atoms with van der Waals surface area (Å²) >= 11 is 12.8. The van der Waals surface area contributed by atoms with Gasteiger partial charge in [-0.15, -0.1) is 6.42 Å². The van der Waals surface area contributed by atoms with Gasteiger partial charge < -0.3 is 9.47 Å². The Morgan fingerprint density at radius 3 is 3.08 bits per heavy atom. The quantitative estimate of drug-likeness (QED) is 0.433. The predicted octanol–water partition coefficient (Wildman–Crippen LogP) is 3.73. The summed E-state index contributed by atoms with van der Waals surface area (Å²) in [4.78, 5) is 14.8. The van der Waals surface area contributed by atoms with Crippen molar-refractivity contribution in [2.45, 2.75) is 18.9 Å². The number of benzene rings is 1. The molecule has 3 rings (SSSR count). The van der Waals surface area contributed by atoms with Crippen LogP contribution in [0.15, 0.2) is 23.1 Å². The van der Waals surface area contributed by atoms with Crippen molar-refractivity contribution < 1.29 is 14.3 Å². The molecule has 2 aliphatic rings. The van der Waals surface area contributed by atoms with Gasteiger partial charge in [0.1, 0.15) is 16.7 Å². The van der Waals surface area contributed by atoms with E-state index in [-0.39, 0.29) is 18.6 Å². The van der Waals surface area contributed by atoms with E-state index in [0.29, 0.717) is 26.5 Å². The molecule has 25 heavy (non-hydrogen) atoms. The smallest absolute Gasteiger partial charge is 0.266 e. The molecule has 1 amide bonds. The number of carbonyl (C=O) groups is 1. The summed E-state index contributed by atoms with van der Waals surface area (Å²) in [6.45, 7) is 1.42. The molecule has 0 aromatic heterocycles. The highest BCUT2D eigenvalue weighted by Crippen LogP contribution is 2.34. The summed E-state index contributed by atoms with van der Waals surface area (Å²) in [7, 11) is 0. The third-order valence-electron chi connectivity index (χ3n) is 3.85. The Morgan fingerprint density at radius 1 is 1.56 bits per heavy atom. The number of hydrogen-bond donors (Lipinski definition) is 0. The summed E-state index contributed by atoms with van der Waals surface area (Å²) < 4.78 is 11.5. The molecule has 1 aromatic rings. The molecule has 0 bridgehead atoms. The molecular weight excluding hydrogens is 378 g/mol. The summed E-state index contributed by atoms with van der Waals surface area (Å²) in [5.41, 5.74) is 0.802. The van der Waals surface area contributed by atoms with Crippen molar-refractivity contribution in [3.8, 4) is 18.1 Å². The zero-order chi connectivity index (χ0) is 17.8. The molecule has 0 unspecified atom stereocenters. The summed E-state index contributed by atoms with van der Waals surface area (Å²) in [5, 5.41) is 0.443. The van der Waals surface area contributed by atoms with E-state index in [0.717, 1.165) is 25.0 Å². The monoisotopic (exact) mass is 393 g/mol. The number of halogens is 1. The first kappa shape index (κ1) is 18.3. The van der Waals surface area contributed by atoms with Gasteiger partial charge >= 0.3 is 0 Å². The second-order valence-electron chi connectivity index (χ2n) is 5.61. The highest BCUT2D eigenvalue weighted by Gasteiger charge is 2.34. The van der Waals surface area contributed by atoms with Gasteiger partial charge in [0.2, 0.25) is 0 Å². The number of terminal acetylenes is 1. The maximum atomic E-state index is 12.6. The van der Waals surface area contributed by atoms with Gasteiger partial charge in [-0.25, -0.2) is 0 Å². The third kappa shape index (κ3) is 4.36. The molecule has 2 fully saturated rings. The van der Waals surface area contributed by atoms with Gasteiger partial charge in [-0.1, -0.05) is 47.6 Å². The Balaban J connectivity index is 1.73. The molecule has 0 radical (unpaired) electrons. The fourth-order valence-electron chi connectivity index (χ4n) is 2.64. The second-order valence-corrected chi connectivity index (χ2v) is 7.69. The number of hydrogen-bond acceptors (Lipinski definition) is 5. The number of thiocarbonyl (C=S) groups is 1. The molecule has 0 spiro atoms. The minimum atomic E-state index is -0.0886. The Morgan fingerprint density at radius 2 is 2.40 bits per heavy atom. The third-order valence-corrected chi connectivity index (χ3v) is 5.52. The van der Waals surface area contributed by atoms with E-state index in [2.05, 4.69) is 5.92 Å². The molecule has 4 nitrogen and oxygen atoms in total. The van der Waals surface area contributed by atoms with Crippen molar-refractivity contribution >= 4 is 51.9 Å². The first-order valence-corrected chi connectivity index (χ1v) is 9.41. The topological polar surface area (TPSA) is 38.8 Å². The molecule has 7 heteroatoms. The zero-order valence-electron chi connectivity index (χ0n) is 13.4. The van der Waals surface area contributed by atoms with Gasteiger partial charge in [-0.05, 0) is 36.6 Å². The molecule has 0 aliphatic carbocycles. The summed E-state index contributed by atoms with van der Waals surface area (Å²) in [6.07, 6.45) is 9.02. The fourth-order valence-corrected chi connectivity index (χ4v) is 4.16. The summed E-state index contributed by atoms with van der Waals surface area (Å²) in [5.74, 6) is 2.82. The van der Waals surface area contributed by atoms with Crippen molar-refractivity contribution in [2.24, 2.45) is 0 Å². The summed E-state index contributed by atoms with van der Waals surface area (Å²) in [6, 6.07) is 5.29. The van der Waals surface area contributed by atoms with Crippen molar-refractivity contribution in [1.82, 2.24) is 4.90 Å². The van der Waals surface area contributed by atoms with Crippen molar-refractivity contribution in [3.63, 3.8) is 0 Å². The van der Waals surface area contributed by atoms with Crippen LogP contribution in [0.25, 0.3) is 6.08 Å². The highest BCUT2D eigenvalue weighted by molar-refractivity contribution is 8.26. The maximum absolute atomic E-state index is 12.6. The Bertz CT molecular complexity index is 766. The zero-order valence-corrected chi connectivity index (χ0v) is 15.8. The largest absolute Gasteiger partial charge is 0.479 e. The minimum absolute atomic E-state index is 0.0730. The molecule has 0 N–H and O–H groups in total. The van der Waals surface area contributed by atoms with E-state index in [1.165, 1.54) is 11.8 Å². The number of rotatable bonds is 5. The van der Waals surface area contributed by atoms with Gasteiger partial charge in [-0.3, -0.25) is 9.69 Å². The van der Waals surface area contributed by atoms with Crippen molar-refractivity contribution in [2.75, 3.05) is 19.8 Å². The van der Waals surface area contributed by atoms with E-state index >= 15 is 0 Å². The molecule has 2 saturated heterocycles. The van der Waals surface area contributed by atoms with Gasteiger partial charge in [-0.2, -0.15) is 0 Å². The van der Waals surface area contributed by atoms with Crippen LogP contribution in [0.4, 0.5) is 0 Å². The first-order chi connectivity index (χ1) is 12.1. The number of nitrogens with zero attached hydrogens (tertiary/aromatic N) is 1. The maximum Gasteiger partial charge on any atom is 0.266 e. The van der Waals surface area contributed by atoms with Crippen LogP contribution >= 0.6 is 35.6 Å². The number of ether oxygens (including phenoxy) is 2. The molecular formula is C18H16ClNO3S2. The average molecular weight is 394 g/mol. The molecule has 1 aromatic carbocycles. The van der Waals surface area contributed by atoms with Gasteiger partial charge in [0.05, 0.1) is 22.6 Å². The van der Waals surface area contributed by atoms with E-state index in [1.807, 2.05) is 6.07 Å². The molecule has 0 saturated carbocycles. The minimum Gasteiger partial charge on any atom is -0.479 e. The lowest BCUT2D eigenvalue weighted by atomic mass is 10.2. The Hall–Kier alpha value is -1.52. The van der Waals surface area contributed by atoms with Crippen LogP contribution in [-0.4, -0.2) is 41.0 Å². The van der Waals surface area contributed by atoms with Crippen molar-refractivity contribution in [3.05, 3.63) is 33.7 Å². The Labute approximate surface area is 161 Å². The molecule has 2 heterocycles. The van der Waals surface area contributed by atoms with Crippen LogP contribution < -0.4 is 4.74 Å². The number of thioether (sulfide) groups is 1. The lowest BCUT2D eigenvalue weighted by Gasteiger charge is -2.18. The second kappa shape index (κ2) is 8.24. The van der Waals surface area contributed by atoms with Crippen LogP contribution in [0.2, 0.25) is 5.02 Å². The number of amides is 1. The van der Waals surface area contributed by atoms with Gasteiger partial charge in [0, 0.05) is 6.61 Å². The highest BCUT2D eigenvalue weighted by atomic mass is 35.5. The van der Waals surface area contributed by atoms with Crippen LogP contribution in [0.5, 0.6) is 5.75 Å². The van der Waals surface area contributed by atoms with E-state index in [9.17, 15) is 4.79 Å². The molecule has 1 atom stereocenters. The van der Waals surface area contributed by atoms with E-state index in [4.69, 9.17) is 39.7 Å². The van der Waals surface area contributed by atoms with E-state index in [1.54, 1.807) is 23.1 Å². The standard InChI is InChI=1S/C18H16ClNO3S2/c1-2-7-23-15-6-5-12(9-14(15)19)10-16-17(21)20(18(24)25-16)11-13-4-3-8-22-13/h1,5-6,9-10,13H,3-4,7-8,11H2/b16-10-/t13-/m0/s1. The van der Waals surface area contributed by atoms with Crippen LogP contribution in [-0.2, 0) is 9.53 Å². The van der Waals surface area contributed by atoms with E-state index < -0.39 is 0 Å². The van der Waals surface area contributed by atoms with Crippen LogP contribution in [0.1, 0.15) is 18.4 Å². The van der Waals surface area contributed by atoms with Crippen LogP contribution in [0.3, 0.4) is 0 Å². The average Bonchev–Trinajstić information content (AvgIpc) is 3.19. The van der Waals surface area contributed by atoms with Crippen molar-refractivity contribution in [1.29, 1.82) is 0 Å². The fraction of sp³-hybridized carbons (Fsp3) is 0.333. The van der Waals surface area contributed by atoms with Crippen LogP contribution in [0, 0.1) is 12.3 Å². The molecule has 130 valence electrons. The number of carbonyl (C=O) groups excluding carboxylic acids is 1. The molecule has 2 aliphatic heterocycles. The van der Waals surface area contributed by atoms with Gasteiger partial charge in [0.25, 0.3) is 5.91 Å². The SMILES string of the molecule is C#CCOc1ccc(/C=C2\SC(=S)N(C[C@@H]3CCCO3)C2=O)cc1Cl. The normalized spacial score (nSPS) is 21.8. The van der Waals surface area contributed by atoms with Gasteiger partial charge in [0.15, 0.2) is 0 Å². The Kier molecular flexibility index (Phi) is 6.02. The first-order valence-electron chi connectivity index (χ1n) is 7.81. The lowest BCUT2D eigenvalue weighted by Crippen LogP contribution is -2.35. The lowest BCUT2D eigenvalue weighted by molar-refractivity contribution is -0.123.